The zero-order valence-electron chi connectivity index (χ0n) is 6.23. The summed E-state index contributed by atoms with van der Waals surface area (Å²) < 4.78 is 0.873. The molecule has 0 spiro atoms. The summed E-state index contributed by atoms with van der Waals surface area (Å²) in [4.78, 5) is 11.3. The molecule has 0 unspecified atom stereocenters. The third kappa shape index (κ3) is 1.10. The predicted molar refractivity (Wildman–Crippen MR) is 51.8 cm³/mol. The summed E-state index contributed by atoms with van der Waals surface area (Å²) >= 11 is 9.33. The molecule has 3 heteroatoms. The van der Waals surface area contributed by atoms with Gasteiger partial charge in [-0.05, 0) is 40.0 Å². The van der Waals surface area contributed by atoms with E-state index in [0.29, 0.717) is 11.4 Å². The van der Waals surface area contributed by atoms with Gasteiger partial charge >= 0.3 is 0 Å². The van der Waals surface area contributed by atoms with Crippen LogP contribution >= 0.6 is 27.5 Å². The lowest BCUT2D eigenvalue weighted by molar-refractivity contribution is 0.0994. The van der Waals surface area contributed by atoms with Crippen molar-refractivity contribution in [1.29, 1.82) is 0 Å². The van der Waals surface area contributed by atoms with Crippen molar-refractivity contribution in [3.05, 3.63) is 32.8 Å². The average Bonchev–Trinajstić information content (AvgIpc) is 2.41. The van der Waals surface area contributed by atoms with Crippen molar-refractivity contribution >= 4 is 33.3 Å². The zero-order valence-corrected chi connectivity index (χ0v) is 8.58. The van der Waals surface area contributed by atoms with Crippen molar-refractivity contribution in [1.82, 2.24) is 0 Å². The molecule has 0 N–H and O–H groups in total. The molecule has 1 aliphatic carbocycles. The molecule has 0 saturated heterocycles. The standard InChI is InChI=1S/C9H6BrClO/c10-7-3-1-5-6(9(7)11)2-4-8(5)12/h1,3H,2,4H2. The molecule has 0 heterocycles. The molecule has 1 aliphatic rings. The molecule has 12 heavy (non-hydrogen) atoms. The van der Waals surface area contributed by atoms with E-state index >= 15 is 0 Å². The van der Waals surface area contributed by atoms with Gasteiger partial charge in [-0.25, -0.2) is 0 Å². The van der Waals surface area contributed by atoms with E-state index in [4.69, 9.17) is 11.6 Å². The highest BCUT2D eigenvalue weighted by Gasteiger charge is 2.22. The summed E-state index contributed by atoms with van der Waals surface area (Å²) in [6.45, 7) is 0. The predicted octanol–water partition coefficient (Wildman–Crippen LogP) is 3.23. The number of hydrogen-bond acceptors (Lipinski definition) is 1. The molecule has 0 amide bonds. The van der Waals surface area contributed by atoms with E-state index < -0.39 is 0 Å². The van der Waals surface area contributed by atoms with Crippen LogP contribution in [0.2, 0.25) is 5.02 Å². The van der Waals surface area contributed by atoms with Gasteiger partial charge in [-0.3, -0.25) is 4.79 Å². The number of fused-ring (bicyclic) bond motifs is 1. The van der Waals surface area contributed by atoms with Crippen molar-refractivity contribution in [2.45, 2.75) is 12.8 Å². The maximum absolute atomic E-state index is 11.3. The Kier molecular flexibility index (Phi) is 1.97. The van der Waals surface area contributed by atoms with Crippen LogP contribution in [0.4, 0.5) is 0 Å². The fourth-order valence-electron chi connectivity index (χ4n) is 1.47. The summed E-state index contributed by atoms with van der Waals surface area (Å²) in [5.41, 5.74) is 1.79. The Bertz CT molecular complexity index is 360. The lowest BCUT2D eigenvalue weighted by Gasteiger charge is -2.01. The van der Waals surface area contributed by atoms with Gasteiger partial charge in [0.25, 0.3) is 0 Å². The molecule has 0 aromatic heterocycles. The minimum atomic E-state index is 0.208. The van der Waals surface area contributed by atoms with Crippen LogP contribution in [0, 0.1) is 0 Å². The van der Waals surface area contributed by atoms with Crippen LogP contribution in [0.1, 0.15) is 22.3 Å². The van der Waals surface area contributed by atoms with Gasteiger partial charge in [0.15, 0.2) is 5.78 Å². The van der Waals surface area contributed by atoms with E-state index in [-0.39, 0.29) is 5.78 Å². The van der Waals surface area contributed by atoms with Gasteiger partial charge in [0.05, 0.1) is 5.02 Å². The smallest absolute Gasteiger partial charge is 0.163 e. The maximum atomic E-state index is 11.3. The number of Topliss-reactive ketones (excluding diaryl/α,β-unsaturated/α-hetero) is 1. The van der Waals surface area contributed by atoms with Crippen LogP contribution in [0.5, 0.6) is 0 Å². The first kappa shape index (κ1) is 8.27. The number of ketones is 1. The minimum Gasteiger partial charge on any atom is -0.294 e. The van der Waals surface area contributed by atoms with Gasteiger partial charge in [0, 0.05) is 16.5 Å². The fourth-order valence-corrected chi connectivity index (χ4v) is 2.10. The fraction of sp³-hybridized carbons (Fsp3) is 0.222. The molecular formula is C9H6BrClO. The van der Waals surface area contributed by atoms with Crippen LogP contribution in [-0.2, 0) is 6.42 Å². The first-order valence-corrected chi connectivity index (χ1v) is 4.87. The Balaban J connectivity index is 2.68. The highest BCUT2D eigenvalue weighted by atomic mass is 79.9. The Morgan fingerprint density at radius 1 is 1.33 bits per heavy atom. The maximum Gasteiger partial charge on any atom is 0.163 e. The molecule has 1 nitrogen and oxygen atoms in total. The Labute approximate surface area is 83.9 Å². The number of hydrogen-bond donors (Lipinski definition) is 0. The van der Waals surface area contributed by atoms with E-state index in [2.05, 4.69) is 15.9 Å². The number of benzene rings is 1. The summed E-state index contributed by atoms with van der Waals surface area (Å²) in [7, 11) is 0. The van der Waals surface area contributed by atoms with Crippen LogP contribution in [0.25, 0.3) is 0 Å². The molecule has 62 valence electrons. The van der Waals surface area contributed by atoms with Crippen LogP contribution in [0.15, 0.2) is 16.6 Å². The van der Waals surface area contributed by atoms with Gasteiger partial charge in [-0.15, -0.1) is 0 Å². The largest absolute Gasteiger partial charge is 0.294 e. The van der Waals surface area contributed by atoms with Gasteiger partial charge in [0.2, 0.25) is 0 Å². The van der Waals surface area contributed by atoms with Crippen molar-refractivity contribution in [3.8, 4) is 0 Å². The Morgan fingerprint density at radius 2 is 2.08 bits per heavy atom. The summed E-state index contributed by atoms with van der Waals surface area (Å²) in [5, 5.41) is 0.693. The van der Waals surface area contributed by atoms with Gasteiger partial charge in [-0.1, -0.05) is 11.6 Å². The first-order chi connectivity index (χ1) is 5.70. The first-order valence-electron chi connectivity index (χ1n) is 3.70. The molecule has 0 bridgehead atoms. The molecule has 1 aromatic rings. The lowest BCUT2D eigenvalue weighted by atomic mass is 10.1. The normalized spacial score (nSPS) is 15.0. The number of halogens is 2. The SMILES string of the molecule is O=C1CCc2c1ccc(Br)c2Cl. The number of rotatable bonds is 0. The van der Waals surface area contributed by atoms with E-state index in [0.717, 1.165) is 22.0 Å². The molecule has 2 rings (SSSR count). The average molecular weight is 246 g/mol. The highest BCUT2D eigenvalue weighted by Crippen LogP contribution is 2.33. The van der Waals surface area contributed by atoms with E-state index in [1.54, 1.807) is 0 Å². The quantitative estimate of drug-likeness (QED) is 0.686. The third-order valence-electron chi connectivity index (χ3n) is 2.10. The van der Waals surface area contributed by atoms with Crippen LogP contribution in [-0.4, -0.2) is 5.78 Å². The van der Waals surface area contributed by atoms with Crippen molar-refractivity contribution < 1.29 is 4.79 Å². The van der Waals surface area contributed by atoms with Crippen LogP contribution < -0.4 is 0 Å². The Hall–Kier alpha value is -0.340. The lowest BCUT2D eigenvalue weighted by Crippen LogP contribution is -1.90. The summed E-state index contributed by atoms with van der Waals surface area (Å²) in [5.74, 6) is 0.208. The summed E-state index contributed by atoms with van der Waals surface area (Å²) in [6.07, 6.45) is 1.39. The second-order valence-electron chi connectivity index (χ2n) is 2.81. The zero-order chi connectivity index (χ0) is 8.72. The molecule has 0 fully saturated rings. The van der Waals surface area contributed by atoms with Gasteiger partial charge in [-0.2, -0.15) is 0 Å². The topological polar surface area (TPSA) is 17.1 Å². The summed E-state index contributed by atoms with van der Waals surface area (Å²) in [6, 6.07) is 3.66. The Morgan fingerprint density at radius 3 is 2.83 bits per heavy atom. The van der Waals surface area contributed by atoms with Gasteiger partial charge < -0.3 is 0 Å². The highest BCUT2D eigenvalue weighted by molar-refractivity contribution is 9.10. The third-order valence-corrected chi connectivity index (χ3v) is 3.42. The van der Waals surface area contributed by atoms with Crippen molar-refractivity contribution in [2.75, 3.05) is 0 Å². The van der Waals surface area contributed by atoms with Gasteiger partial charge in [0.1, 0.15) is 0 Å². The van der Waals surface area contributed by atoms with Crippen molar-refractivity contribution in [2.24, 2.45) is 0 Å². The van der Waals surface area contributed by atoms with E-state index in [1.165, 1.54) is 0 Å². The molecule has 0 aliphatic heterocycles. The number of carbonyl (C=O) groups excluding carboxylic acids is 1. The second-order valence-corrected chi connectivity index (χ2v) is 4.04. The second kappa shape index (κ2) is 2.86. The van der Waals surface area contributed by atoms with E-state index in [9.17, 15) is 4.79 Å². The molecule has 0 radical (unpaired) electrons. The molecule has 1 aromatic carbocycles. The molecular weight excluding hydrogens is 239 g/mol. The number of carbonyl (C=O) groups is 1. The molecule has 0 saturated carbocycles. The molecule has 0 atom stereocenters. The van der Waals surface area contributed by atoms with E-state index in [1.807, 2.05) is 12.1 Å². The van der Waals surface area contributed by atoms with Crippen molar-refractivity contribution in [3.63, 3.8) is 0 Å². The minimum absolute atomic E-state index is 0.208. The van der Waals surface area contributed by atoms with Crippen LogP contribution in [0.3, 0.4) is 0 Å². The monoisotopic (exact) mass is 244 g/mol.